The number of ketones is 1. The molecule has 5 heteroatoms. The van der Waals surface area contributed by atoms with Crippen LogP contribution in [0.25, 0.3) is 10.2 Å². The average molecular weight is 339 g/mol. The molecule has 24 heavy (non-hydrogen) atoms. The summed E-state index contributed by atoms with van der Waals surface area (Å²) in [7, 11) is 0. The van der Waals surface area contributed by atoms with Gasteiger partial charge in [-0.05, 0) is 36.8 Å². The molecule has 0 radical (unpaired) electrons. The Bertz CT molecular complexity index is 792. The molecule has 0 amide bonds. The van der Waals surface area contributed by atoms with Gasteiger partial charge >= 0.3 is 0 Å². The van der Waals surface area contributed by atoms with Gasteiger partial charge in [0, 0.05) is 11.8 Å². The van der Waals surface area contributed by atoms with Gasteiger partial charge in [0.15, 0.2) is 5.78 Å². The number of aromatic nitrogens is 1. The zero-order chi connectivity index (χ0) is 16.1. The molecule has 1 heterocycles. The van der Waals surface area contributed by atoms with Gasteiger partial charge in [-0.15, -0.1) is 0 Å². The largest absolute Gasteiger partial charge is 0.292 e. The van der Waals surface area contributed by atoms with Crippen LogP contribution in [0.15, 0.2) is 29.4 Å². The molecule has 4 nitrogen and oxygen atoms in total. The summed E-state index contributed by atoms with van der Waals surface area (Å²) in [5.41, 5.74) is 4.88. The van der Waals surface area contributed by atoms with Crippen molar-refractivity contribution in [2.24, 2.45) is 28.8 Å². The quantitative estimate of drug-likeness (QED) is 0.821. The third-order valence-corrected chi connectivity index (χ3v) is 7.10. The first kappa shape index (κ1) is 14.6. The summed E-state index contributed by atoms with van der Waals surface area (Å²) >= 11 is 1.59. The van der Waals surface area contributed by atoms with Gasteiger partial charge in [0.1, 0.15) is 5.71 Å². The predicted molar refractivity (Wildman–Crippen MR) is 97.3 cm³/mol. The number of anilines is 1. The second-order valence-corrected chi connectivity index (χ2v) is 8.40. The van der Waals surface area contributed by atoms with E-state index in [1.54, 1.807) is 11.3 Å². The summed E-state index contributed by atoms with van der Waals surface area (Å²) in [6.45, 7) is 0. The normalized spacial score (nSPS) is 33.8. The Morgan fingerprint density at radius 1 is 1.08 bits per heavy atom. The number of hydrogen-bond donors (Lipinski definition) is 1. The molecule has 1 aromatic heterocycles. The maximum absolute atomic E-state index is 12.9. The fourth-order valence-electron chi connectivity index (χ4n) is 5.22. The van der Waals surface area contributed by atoms with E-state index >= 15 is 0 Å². The van der Waals surface area contributed by atoms with Crippen LogP contribution >= 0.6 is 11.3 Å². The highest BCUT2D eigenvalue weighted by Crippen LogP contribution is 2.52. The van der Waals surface area contributed by atoms with Crippen LogP contribution in [-0.2, 0) is 4.79 Å². The van der Waals surface area contributed by atoms with E-state index in [0.29, 0.717) is 17.6 Å². The first-order valence-electron chi connectivity index (χ1n) is 9.04. The lowest BCUT2D eigenvalue weighted by Gasteiger charge is -2.39. The van der Waals surface area contributed by atoms with Gasteiger partial charge in [-0.25, -0.2) is 4.98 Å². The number of rotatable bonds is 2. The molecule has 1 aromatic carbocycles. The number of benzene rings is 1. The van der Waals surface area contributed by atoms with Crippen LogP contribution < -0.4 is 5.43 Å². The second-order valence-electron chi connectivity index (χ2n) is 7.37. The molecule has 0 aliphatic heterocycles. The van der Waals surface area contributed by atoms with Gasteiger partial charge in [0.2, 0.25) is 5.13 Å². The number of thiazole rings is 1. The Balaban J connectivity index is 1.44. The van der Waals surface area contributed by atoms with Gasteiger partial charge in [-0.2, -0.15) is 5.10 Å². The van der Waals surface area contributed by atoms with Crippen LogP contribution in [0.4, 0.5) is 5.13 Å². The van der Waals surface area contributed by atoms with E-state index in [9.17, 15) is 4.79 Å². The molecule has 4 atom stereocenters. The zero-order valence-electron chi connectivity index (χ0n) is 13.6. The Morgan fingerprint density at radius 2 is 1.88 bits per heavy atom. The number of fused-ring (bicyclic) bond motifs is 1. The van der Waals surface area contributed by atoms with Crippen LogP contribution in [0.1, 0.15) is 38.5 Å². The number of carbonyl (C=O) groups excluding carboxylic acids is 1. The highest BCUT2D eigenvalue weighted by atomic mass is 32.1. The summed E-state index contributed by atoms with van der Waals surface area (Å²) in [6.07, 6.45) is 7.27. The minimum atomic E-state index is 0.241. The Hall–Kier alpha value is -1.75. The van der Waals surface area contributed by atoms with E-state index in [1.807, 2.05) is 18.2 Å². The van der Waals surface area contributed by atoms with Gasteiger partial charge in [0.25, 0.3) is 0 Å². The Morgan fingerprint density at radius 3 is 2.71 bits per heavy atom. The van der Waals surface area contributed by atoms with Crippen molar-refractivity contribution >= 4 is 38.2 Å². The van der Waals surface area contributed by atoms with Gasteiger partial charge in [-0.1, -0.05) is 49.2 Å². The standard InChI is InChI=1S/C19H21N3OS/c23-18-13-8-4-6-11-5-3-7-12(16(11)13)17(18)21-22-19-20-14-9-1-2-10-15(14)24-19/h1-2,9-13,16H,3-8H2,(H,20,22)/b21-17-. The number of para-hydroxylation sites is 1. The highest BCUT2D eigenvalue weighted by molar-refractivity contribution is 7.22. The zero-order valence-corrected chi connectivity index (χ0v) is 14.4. The second kappa shape index (κ2) is 5.66. The number of Topliss-reactive ketones (excluding diaryl/α,β-unsaturated/α-hetero) is 1. The summed E-state index contributed by atoms with van der Waals surface area (Å²) in [4.78, 5) is 17.4. The topological polar surface area (TPSA) is 54.4 Å². The van der Waals surface area contributed by atoms with E-state index in [4.69, 9.17) is 0 Å². The lowest BCUT2D eigenvalue weighted by atomic mass is 9.65. The number of hydrogen-bond acceptors (Lipinski definition) is 5. The first-order valence-corrected chi connectivity index (χ1v) is 9.86. The molecule has 2 aromatic rings. The van der Waals surface area contributed by atoms with E-state index in [0.717, 1.165) is 39.8 Å². The van der Waals surface area contributed by atoms with Crippen molar-refractivity contribution in [1.82, 2.24) is 4.98 Å². The third kappa shape index (κ3) is 2.21. The maximum Gasteiger partial charge on any atom is 0.204 e. The molecule has 1 N–H and O–H groups in total. The number of nitrogens with zero attached hydrogens (tertiary/aromatic N) is 2. The molecule has 0 bridgehead atoms. The van der Waals surface area contributed by atoms with Crippen LogP contribution in [0.2, 0.25) is 0 Å². The molecular weight excluding hydrogens is 318 g/mol. The van der Waals surface area contributed by atoms with Crippen molar-refractivity contribution in [3.8, 4) is 0 Å². The van der Waals surface area contributed by atoms with E-state index in [-0.39, 0.29) is 5.92 Å². The van der Waals surface area contributed by atoms with Crippen molar-refractivity contribution in [3.05, 3.63) is 24.3 Å². The number of hydrazone groups is 1. The van der Waals surface area contributed by atoms with Crippen molar-refractivity contribution in [3.63, 3.8) is 0 Å². The third-order valence-electron chi connectivity index (χ3n) is 6.16. The molecule has 5 rings (SSSR count). The molecule has 124 valence electrons. The fourth-order valence-corrected chi connectivity index (χ4v) is 6.02. The lowest BCUT2D eigenvalue weighted by Crippen LogP contribution is -2.33. The summed E-state index contributed by atoms with van der Waals surface area (Å²) in [6, 6.07) is 8.08. The van der Waals surface area contributed by atoms with Gasteiger partial charge in [0.05, 0.1) is 10.2 Å². The molecule has 4 unspecified atom stereocenters. The molecular formula is C19H21N3OS. The molecule has 3 saturated carbocycles. The molecule has 3 fully saturated rings. The maximum atomic E-state index is 12.9. The molecule has 0 spiro atoms. The summed E-state index contributed by atoms with van der Waals surface area (Å²) in [5.74, 6) is 2.25. The fraction of sp³-hybridized carbons (Fsp3) is 0.526. The van der Waals surface area contributed by atoms with Gasteiger partial charge in [-0.3, -0.25) is 10.2 Å². The van der Waals surface area contributed by atoms with Crippen molar-refractivity contribution in [2.45, 2.75) is 38.5 Å². The van der Waals surface area contributed by atoms with Crippen molar-refractivity contribution in [2.75, 3.05) is 5.43 Å². The minimum absolute atomic E-state index is 0.241. The Labute approximate surface area is 145 Å². The van der Waals surface area contributed by atoms with E-state index in [1.165, 1.54) is 25.7 Å². The van der Waals surface area contributed by atoms with E-state index in [2.05, 4.69) is 21.6 Å². The summed E-state index contributed by atoms with van der Waals surface area (Å²) < 4.78 is 1.14. The monoisotopic (exact) mass is 339 g/mol. The van der Waals surface area contributed by atoms with Crippen LogP contribution in [0.3, 0.4) is 0 Å². The lowest BCUT2D eigenvalue weighted by molar-refractivity contribution is -0.118. The number of carbonyl (C=O) groups is 1. The van der Waals surface area contributed by atoms with E-state index < -0.39 is 0 Å². The highest BCUT2D eigenvalue weighted by Gasteiger charge is 2.53. The summed E-state index contributed by atoms with van der Waals surface area (Å²) in [5, 5.41) is 5.36. The van der Waals surface area contributed by atoms with Gasteiger partial charge < -0.3 is 0 Å². The minimum Gasteiger partial charge on any atom is -0.292 e. The SMILES string of the molecule is O=C1/C(=N\Nc2nc3ccccc3s2)C2CCCC3CCCC1C32. The van der Waals surface area contributed by atoms with Crippen molar-refractivity contribution < 1.29 is 4.79 Å². The predicted octanol–water partition coefficient (Wildman–Crippen LogP) is 4.48. The first-order chi connectivity index (χ1) is 11.8. The van der Waals surface area contributed by atoms with Crippen LogP contribution in [0.5, 0.6) is 0 Å². The Kier molecular flexibility index (Phi) is 3.44. The average Bonchev–Trinajstić information content (AvgIpc) is 3.15. The molecule has 3 aliphatic carbocycles. The number of nitrogens with one attached hydrogen (secondary N) is 1. The van der Waals surface area contributed by atoms with Crippen molar-refractivity contribution in [1.29, 1.82) is 0 Å². The smallest absolute Gasteiger partial charge is 0.204 e. The van der Waals surface area contributed by atoms with Crippen LogP contribution in [-0.4, -0.2) is 16.5 Å². The molecule has 3 aliphatic rings. The van der Waals surface area contributed by atoms with Crippen LogP contribution in [0, 0.1) is 23.7 Å². The molecule has 0 saturated heterocycles.